The number of rotatable bonds is 4. The van der Waals surface area contributed by atoms with Crippen molar-refractivity contribution < 1.29 is 4.74 Å². The summed E-state index contributed by atoms with van der Waals surface area (Å²) in [7, 11) is 1.67. The number of nitrogens with zero attached hydrogens (tertiary/aromatic N) is 2. The van der Waals surface area contributed by atoms with Gasteiger partial charge in [-0.05, 0) is 41.3 Å². The molecule has 0 amide bonds. The molecule has 0 aliphatic carbocycles. The van der Waals surface area contributed by atoms with Crippen molar-refractivity contribution in [3.63, 3.8) is 0 Å². The van der Waals surface area contributed by atoms with Gasteiger partial charge in [0.25, 0.3) is 0 Å². The van der Waals surface area contributed by atoms with Crippen LogP contribution in [0.15, 0.2) is 55.0 Å². The molecular weight excluding hydrogens is 250 g/mol. The lowest BCUT2D eigenvalue weighted by atomic mass is 10.1. The lowest BCUT2D eigenvalue weighted by molar-refractivity contribution is 0.415. The van der Waals surface area contributed by atoms with E-state index in [0.29, 0.717) is 6.54 Å². The van der Waals surface area contributed by atoms with Gasteiger partial charge < -0.3 is 10.1 Å². The van der Waals surface area contributed by atoms with Crippen LogP contribution in [0.25, 0.3) is 10.8 Å². The lowest BCUT2D eigenvalue weighted by Crippen LogP contribution is -2.02. The van der Waals surface area contributed by atoms with Crippen LogP contribution in [0.3, 0.4) is 0 Å². The van der Waals surface area contributed by atoms with Crippen molar-refractivity contribution in [3.05, 3.63) is 60.6 Å². The van der Waals surface area contributed by atoms with Gasteiger partial charge in [-0.2, -0.15) is 0 Å². The van der Waals surface area contributed by atoms with Crippen LogP contribution >= 0.6 is 0 Å². The molecule has 4 nitrogen and oxygen atoms in total. The Morgan fingerprint density at radius 1 is 1.15 bits per heavy atom. The van der Waals surface area contributed by atoms with Crippen molar-refractivity contribution in [1.82, 2.24) is 9.97 Å². The summed E-state index contributed by atoms with van der Waals surface area (Å²) in [6.07, 6.45) is 5.42. The summed E-state index contributed by atoms with van der Waals surface area (Å²) in [6, 6.07) is 11.9. The topological polar surface area (TPSA) is 47.0 Å². The van der Waals surface area contributed by atoms with E-state index in [-0.39, 0.29) is 0 Å². The standard InChI is InChI=1S/C16H15N3O/c1-20-14-4-5-15-13(9-14)6-8-18-16(15)19-11-12-3-2-7-17-10-12/h2-10H,11H2,1H3,(H,18,19). The van der Waals surface area contributed by atoms with Gasteiger partial charge in [0.05, 0.1) is 7.11 Å². The Bertz CT molecular complexity index is 713. The molecule has 20 heavy (non-hydrogen) atoms. The molecule has 1 N–H and O–H groups in total. The van der Waals surface area contributed by atoms with Crippen LogP contribution in [-0.4, -0.2) is 17.1 Å². The van der Waals surface area contributed by atoms with Gasteiger partial charge in [-0.25, -0.2) is 4.98 Å². The van der Waals surface area contributed by atoms with Crippen LogP contribution in [-0.2, 0) is 6.54 Å². The van der Waals surface area contributed by atoms with Crippen molar-refractivity contribution in [2.75, 3.05) is 12.4 Å². The molecule has 0 bridgehead atoms. The van der Waals surface area contributed by atoms with Crippen LogP contribution in [0, 0.1) is 0 Å². The molecule has 0 aliphatic heterocycles. The third-order valence-corrected chi connectivity index (χ3v) is 3.15. The molecule has 100 valence electrons. The molecule has 0 fully saturated rings. The molecule has 0 spiro atoms. The fraction of sp³-hybridized carbons (Fsp3) is 0.125. The molecule has 0 aliphatic rings. The molecule has 1 aromatic carbocycles. The minimum absolute atomic E-state index is 0.700. The summed E-state index contributed by atoms with van der Waals surface area (Å²) in [6.45, 7) is 0.700. The Kier molecular flexibility index (Phi) is 3.46. The number of benzene rings is 1. The number of hydrogen-bond donors (Lipinski definition) is 1. The maximum absolute atomic E-state index is 5.24. The molecule has 2 aromatic heterocycles. The summed E-state index contributed by atoms with van der Waals surface area (Å²) in [5, 5.41) is 5.53. The summed E-state index contributed by atoms with van der Waals surface area (Å²) in [5.74, 6) is 1.72. The van der Waals surface area contributed by atoms with E-state index in [1.165, 1.54) is 0 Å². The van der Waals surface area contributed by atoms with E-state index >= 15 is 0 Å². The van der Waals surface area contributed by atoms with Crippen molar-refractivity contribution in [2.24, 2.45) is 0 Å². The fourth-order valence-corrected chi connectivity index (χ4v) is 2.11. The Hall–Kier alpha value is -2.62. The maximum atomic E-state index is 5.24. The van der Waals surface area contributed by atoms with Crippen molar-refractivity contribution in [1.29, 1.82) is 0 Å². The van der Waals surface area contributed by atoms with Gasteiger partial charge in [-0.1, -0.05) is 6.07 Å². The first-order valence-electron chi connectivity index (χ1n) is 6.42. The highest BCUT2D eigenvalue weighted by molar-refractivity contribution is 5.92. The minimum atomic E-state index is 0.700. The summed E-state index contributed by atoms with van der Waals surface area (Å²) < 4.78 is 5.24. The Balaban J connectivity index is 1.88. The highest BCUT2D eigenvalue weighted by Crippen LogP contribution is 2.25. The van der Waals surface area contributed by atoms with E-state index in [4.69, 9.17) is 4.74 Å². The van der Waals surface area contributed by atoms with Crippen molar-refractivity contribution >= 4 is 16.6 Å². The first-order chi connectivity index (χ1) is 9.86. The fourth-order valence-electron chi connectivity index (χ4n) is 2.11. The molecule has 0 atom stereocenters. The van der Waals surface area contributed by atoms with Gasteiger partial charge in [0.15, 0.2) is 0 Å². The highest BCUT2D eigenvalue weighted by atomic mass is 16.5. The van der Waals surface area contributed by atoms with E-state index in [0.717, 1.165) is 27.9 Å². The Labute approximate surface area is 117 Å². The average Bonchev–Trinajstić information content (AvgIpc) is 2.53. The van der Waals surface area contributed by atoms with Crippen molar-refractivity contribution in [3.8, 4) is 5.75 Å². The molecule has 0 radical (unpaired) electrons. The molecule has 2 heterocycles. The number of methoxy groups -OCH3 is 1. The summed E-state index contributed by atoms with van der Waals surface area (Å²) in [5.41, 5.74) is 1.12. The minimum Gasteiger partial charge on any atom is -0.497 e. The number of anilines is 1. The van der Waals surface area contributed by atoms with Gasteiger partial charge in [-0.15, -0.1) is 0 Å². The van der Waals surface area contributed by atoms with Crippen LogP contribution in [0.5, 0.6) is 5.75 Å². The number of ether oxygens (including phenoxy) is 1. The lowest BCUT2D eigenvalue weighted by Gasteiger charge is -2.09. The van der Waals surface area contributed by atoms with Gasteiger partial charge in [-0.3, -0.25) is 4.98 Å². The monoisotopic (exact) mass is 265 g/mol. The van der Waals surface area contributed by atoms with Gasteiger partial charge >= 0.3 is 0 Å². The van der Waals surface area contributed by atoms with E-state index in [9.17, 15) is 0 Å². The number of fused-ring (bicyclic) bond motifs is 1. The predicted octanol–water partition coefficient (Wildman–Crippen LogP) is 3.25. The normalized spacial score (nSPS) is 10.4. The van der Waals surface area contributed by atoms with Crippen LogP contribution in [0.4, 0.5) is 5.82 Å². The van der Waals surface area contributed by atoms with Crippen molar-refractivity contribution in [2.45, 2.75) is 6.54 Å². The van der Waals surface area contributed by atoms with E-state index in [1.54, 1.807) is 19.5 Å². The van der Waals surface area contributed by atoms with Gasteiger partial charge in [0.2, 0.25) is 0 Å². The second kappa shape index (κ2) is 5.57. The zero-order valence-electron chi connectivity index (χ0n) is 11.2. The Morgan fingerprint density at radius 3 is 2.90 bits per heavy atom. The van der Waals surface area contributed by atoms with Crippen LogP contribution in [0.1, 0.15) is 5.56 Å². The van der Waals surface area contributed by atoms with E-state index in [2.05, 4.69) is 15.3 Å². The van der Waals surface area contributed by atoms with E-state index in [1.807, 2.05) is 42.6 Å². The third kappa shape index (κ3) is 2.54. The number of aromatic nitrogens is 2. The molecule has 0 unspecified atom stereocenters. The molecule has 3 rings (SSSR count). The smallest absolute Gasteiger partial charge is 0.134 e. The first kappa shape index (κ1) is 12.4. The van der Waals surface area contributed by atoms with Gasteiger partial charge in [0.1, 0.15) is 11.6 Å². The van der Waals surface area contributed by atoms with Crippen LogP contribution in [0.2, 0.25) is 0 Å². The Morgan fingerprint density at radius 2 is 2.10 bits per heavy atom. The summed E-state index contributed by atoms with van der Waals surface area (Å²) in [4.78, 5) is 8.51. The number of nitrogens with one attached hydrogen (secondary N) is 1. The van der Waals surface area contributed by atoms with Gasteiger partial charge in [0, 0.05) is 30.5 Å². The zero-order valence-corrected chi connectivity index (χ0v) is 11.2. The van der Waals surface area contributed by atoms with E-state index < -0.39 is 0 Å². The number of pyridine rings is 2. The van der Waals surface area contributed by atoms with Crippen LogP contribution < -0.4 is 10.1 Å². The molecular formula is C16H15N3O. The second-order valence-corrected chi connectivity index (χ2v) is 4.46. The maximum Gasteiger partial charge on any atom is 0.134 e. The summed E-state index contributed by atoms with van der Waals surface area (Å²) >= 11 is 0. The SMILES string of the molecule is COc1ccc2c(NCc3cccnc3)nccc2c1. The quantitative estimate of drug-likeness (QED) is 0.786. The average molecular weight is 265 g/mol. The largest absolute Gasteiger partial charge is 0.497 e. The number of hydrogen-bond acceptors (Lipinski definition) is 4. The highest BCUT2D eigenvalue weighted by Gasteiger charge is 2.03. The predicted molar refractivity (Wildman–Crippen MR) is 79.9 cm³/mol. The third-order valence-electron chi connectivity index (χ3n) is 3.15. The molecule has 3 aromatic rings. The zero-order chi connectivity index (χ0) is 13.8. The molecule has 4 heteroatoms. The first-order valence-corrected chi connectivity index (χ1v) is 6.42. The molecule has 0 saturated carbocycles. The second-order valence-electron chi connectivity index (χ2n) is 4.46. The molecule has 0 saturated heterocycles.